The highest BCUT2D eigenvalue weighted by atomic mass is 32.2. The van der Waals surface area contributed by atoms with E-state index in [-0.39, 0.29) is 17.8 Å². The molecule has 1 aliphatic heterocycles. The molecule has 0 aliphatic carbocycles. The summed E-state index contributed by atoms with van der Waals surface area (Å²) in [6.45, 7) is 0. The van der Waals surface area contributed by atoms with E-state index in [9.17, 15) is 9.18 Å². The molecule has 1 aromatic heterocycles. The third kappa shape index (κ3) is 2.67. The van der Waals surface area contributed by atoms with Gasteiger partial charge in [-0.2, -0.15) is 0 Å². The van der Waals surface area contributed by atoms with Crippen molar-refractivity contribution >= 4 is 17.7 Å². The number of hydrogen-bond acceptors (Lipinski definition) is 3. The smallest absolute Gasteiger partial charge is 0.251 e. The van der Waals surface area contributed by atoms with E-state index in [0.29, 0.717) is 5.56 Å². The zero-order chi connectivity index (χ0) is 13.9. The molecule has 0 bridgehead atoms. The van der Waals surface area contributed by atoms with Crippen LogP contribution in [0.25, 0.3) is 0 Å². The van der Waals surface area contributed by atoms with Gasteiger partial charge in [0.25, 0.3) is 5.91 Å². The molecule has 2 heterocycles. The second-order valence-corrected chi connectivity index (χ2v) is 5.72. The van der Waals surface area contributed by atoms with Gasteiger partial charge in [0, 0.05) is 28.6 Å². The minimum absolute atomic E-state index is 0.136. The Morgan fingerprint density at radius 2 is 2.10 bits per heavy atom. The molecule has 5 heteroatoms. The van der Waals surface area contributed by atoms with E-state index in [2.05, 4.69) is 10.3 Å². The minimum atomic E-state index is -0.269. The zero-order valence-corrected chi connectivity index (χ0v) is 11.5. The maximum absolute atomic E-state index is 13.4. The number of aromatic nitrogens is 1. The number of thioether (sulfide) groups is 1. The van der Waals surface area contributed by atoms with Crippen molar-refractivity contribution in [1.82, 2.24) is 10.3 Å². The maximum atomic E-state index is 13.4. The quantitative estimate of drug-likeness (QED) is 0.922. The fraction of sp³-hybridized carbons (Fsp3) is 0.200. The van der Waals surface area contributed by atoms with E-state index < -0.39 is 0 Å². The topological polar surface area (TPSA) is 42.0 Å². The summed E-state index contributed by atoms with van der Waals surface area (Å²) in [5, 5.41) is 2.97. The summed E-state index contributed by atoms with van der Waals surface area (Å²) in [4.78, 5) is 17.1. The maximum Gasteiger partial charge on any atom is 0.251 e. The lowest BCUT2D eigenvalue weighted by molar-refractivity contribution is 0.0934. The number of hydrogen-bond donors (Lipinski definition) is 1. The van der Waals surface area contributed by atoms with Gasteiger partial charge in [0.15, 0.2) is 0 Å². The number of halogens is 1. The molecule has 1 aliphatic rings. The van der Waals surface area contributed by atoms with Crippen molar-refractivity contribution in [3.05, 3.63) is 59.7 Å². The van der Waals surface area contributed by atoms with E-state index in [1.54, 1.807) is 42.4 Å². The predicted molar refractivity (Wildman–Crippen MR) is 76.2 cm³/mol. The van der Waals surface area contributed by atoms with E-state index in [1.165, 1.54) is 12.1 Å². The SMILES string of the molecule is O=C(N[C@H]1CCSc2ccc(F)cc21)c1ccncc1. The van der Waals surface area contributed by atoms with Crippen LogP contribution < -0.4 is 5.32 Å². The first kappa shape index (κ1) is 13.1. The molecule has 0 unspecified atom stereocenters. The van der Waals surface area contributed by atoms with Crippen LogP contribution in [-0.4, -0.2) is 16.6 Å². The fourth-order valence-corrected chi connectivity index (χ4v) is 3.37. The van der Waals surface area contributed by atoms with Crippen molar-refractivity contribution in [2.75, 3.05) is 5.75 Å². The number of amides is 1. The van der Waals surface area contributed by atoms with Gasteiger partial charge in [-0.15, -0.1) is 11.8 Å². The Bertz CT molecular complexity index is 633. The number of benzene rings is 1. The van der Waals surface area contributed by atoms with Crippen LogP contribution >= 0.6 is 11.8 Å². The summed E-state index contributed by atoms with van der Waals surface area (Å²) in [6.07, 6.45) is 3.97. The highest BCUT2D eigenvalue weighted by molar-refractivity contribution is 7.99. The molecular formula is C15H13FN2OS. The summed E-state index contributed by atoms with van der Waals surface area (Å²) < 4.78 is 13.4. The van der Waals surface area contributed by atoms with Crippen LogP contribution in [-0.2, 0) is 0 Å². The van der Waals surface area contributed by atoms with Gasteiger partial charge in [0.1, 0.15) is 5.82 Å². The predicted octanol–water partition coefficient (Wildman–Crippen LogP) is 3.19. The highest BCUT2D eigenvalue weighted by Crippen LogP contribution is 2.36. The van der Waals surface area contributed by atoms with Crippen molar-refractivity contribution in [2.24, 2.45) is 0 Å². The number of carbonyl (C=O) groups is 1. The van der Waals surface area contributed by atoms with Crippen molar-refractivity contribution in [1.29, 1.82) is 0 Å². The van der Waals surface area contributed by atoms with E-state index in [1.807, 2.05) is 0 Å². The van der Waals surface area contributed by atoms with Gasteiger partial charge in [-0.3, -0.25) is 9.78 Å². The largest absolute Gasteiger partial charge is 0.345 e. The molecular weight excluding hydrogens is 275 g/mol. The average molecular weight is 288 g/mol. The van der Waals surface area contributed by atoms with E-state index in [0.717, 1.165) is 22.6 Å². The number of rotatable bonds is 2. The molecule has 0 spiro atoms. The Hall–Kier alpha value is -1.88. The Kier molecular flexibility index (Phi) is 3.69. The first-order valence-electron chi connectivity index (χ1n) is 6.37. The van der Waals surface area contributed by atoms with Crippen molar-refractivity contribution in [3.8, 4) is 0 Å². The number of nitrogens with zero attached hydrogens (tertiary/aromatic N) is 1. The van der Waals surface area contributed by atoms with Crippen LogP contribution in [0, 0.1) is 5.82 Å². The first-order valence-corrected chi connectivity index (χ1v) is 7.36. The molecule has 0 saturated heterocycles. The van der Waals surface area contributed by atoms with Crippen LogP contribution in [0.15, 0.2) is 47.6 Å². The molecule has 2 aromatic rings. The molecule has 20 heavy (non-hydrogen) atoms. The van der Waals surface area contributed by atoms with Gasteiger partial charge in [-0.25, -0.2) is 4.39 Å². The van der Waals surface area contributed by atoms with Crippen molar-refractivity contribution in [3.63, 3.8) is 0 Å². The van der Waals surface area contributed by atoms with Gasteiger partial charge in [-0.05, 0) is 42.3 Å². The zero-order valence-electron chi connectivity index (χ0n) is 10.7. The molecule has 1 aromatic carbocycles. The second-order valence-electron chi connectivity index (χ2n) is 4.58. The lowest BCUT2D eigenvalue weighted by atomic mass is 10.0. The van der Waals surface area contributed by atoms with Gasteiger partial charge in [-0.1, -0.05) is 0 Å². The summed E-state index contributed by atoms with van der Waals surface area (Å²) in [5.74, 6) is 0.494. The molecule has 0 radical (unpaired) electrons. The van der Waals surface area contributed by atoms with E-state index in [4.69, 9.17) is 0 Å². The Morgan fingerprint density at radius 1 is 1.30 bits per heavy atom. The Balaban J connectivity index is 1.83. The molecule has 3 rings (SSSR count). The van der Waals surface area contributed by atoms with Crippen LogP contribution in [0.5, 0.6) is 0 Å². The Labute approximate surface area is 120 Å². The minimum Gasteiger partial charge on any atom is -0.345 e. The summed E-state index contributed by atoms with van der Waals surface area (Å²) >= 11 is 1.70. The normalized spacial score (nSPS) is 17.4. The van der Waals surface area contributed by atoms with Gasteiger partial charge in [0.2, 0.25) is 0 Å². The molecule has 102 valence electrons. The Morgan fingerprint density at radius 3 is 2.90 bits per heavy atom. The molecule has 0 fully saturated rings. The third-order valence-corrected chi connectivity index (χ3v) is 4.38. The highest BCUT2D eigenvalue weighted by Gasteiger charge is 2.23. The van der Waals surface area contributed by atoms with Crippen LogP contribution in [0.1, 0.15) is 28.4 Å². The average Bonchev–Trinajstić information content (AvgIpc) is 2.49. The number of nitrogens with one attached hydrogen (secondary N) is 1. The van der Waals surface area contributed by atoms with Crippen molar-refractivity contribution in [2.45, 2.75) is 17.4 Å². The third-order valence-electron chi connectivity index (χ3n) is 3.26. The molecule has 3 nitrogen and oxygen atoms in total. The standard InChI is InChI=1S/C15H13FN2OS/c16-11-1-2-14-12(9-11)13(5-8-20-14)18-15(19)10-3-6-17-7-4-10/h1-4,6-7,9,13H,5,8H2,(H,18,19)/t13-/m0/s1. The van der Waals surface area contributed by atoms with Gasteiger partial charge >= 0.3 is 0 Å². The lowest BCUT2D eigenvalue weighted by Gasteiger charge is -2.26. The fourth-order valence-electron chi connectivity index (χ4n) is 2.26. The lowest BCUT2D eigenvalue weighted by Crippen LogP contribution is -2.30. The number of fused-ring (bicyclic) bond motifs is 1. The molecule has 1 amide bonds. The molecule has 1 atom stereocenters. The van der Waals surface area contributed by atoms with Gasteiger partial charge in [0.05, 0.1) is 6.04 Å². The summed E-state index contributed by atoms with van der Waals surface area (Å²) in [7, 11) is 0. The number of pyridine rings is 1. The molecule has 0 saturated carbocycles. The van der Waals surface area contributed by atoms with Gasteiger partial charge < -0.3 is 5.32 Å². The van der Waals surface area contributed by atoms with Crippen molar-refractivity contribution < 1.29 is 9.18 Å². The second kappa shape index (κ2) is 5.63. The monoisotopic (exact) mass is 288 g/mol. The van der Waals surface area contributed by atoms with E-state index >= 15 is 0 Å². The molecule has 1 N–H and O–H groups in total. The van der Waals surface area contributed by atoms with Crippen LogP contribution in [0.3, 0.4) is 0 Å². The van der Waals surface area contributed by atoms with Crippen LogP contribution in [0.2, 0.25) is 0 Å². The number of carbonyl (C=O) groups excluding carboxylic acids is 1. The van der Waals surface area contributed by atoms with Crippen LogP contribution in [0.4, 0.5) is 4.39 Å². The summed E-state index contributed by atoms with van der Waals surface area (Å²) in [6, 6.07) is 7.94. The first-order chi connectivity index (χ1) is 9.74. The summed E-state index contributed by atoms with van der Waals surface area (Å²) in [5.41, 5.74) is 1.43.